The van der Waals surface area contributed by atoms with Crippen LogP contribution in [0, 0.1) is 19.8 Å². The number of benzene rings is 1. The number of carbonyl (C=O) groups is 2. The molecule has 1 unspecified atom stereocenters. The van der Waals surface area contributed by atoms with Gasteiger partial charge in [-0.05, 0) is 56.7 Å². The standard InChI is InChI=1S/C19H25NO3/c1-13-10-14(2)19-16(11-13)18(22)15(6-9-23-19)12-17(21)20-7-4-3-5-8-20/h10-11,15H,3-9,12H2,1-2H3. The number of Topliss-reactive ketones (excluding diaryl/α,β-unsaturated/α-hetero) is 1. The van der Waals surface area contributed by atoms with Crippen LogP contribution in [-0.4, -0.2) is 36.3 Å². The van der Waals surface area contributed by atoms with E-state index in [1.54, 1.807) is 0 Å². The van der Waals surface area contributed by atoms with E-state index < -0.39 is 0 Å². The van der Waals surface area contributed by atoms with Crippen molar-refractivity contribution in [2.45, 2.75) is 46.0 Å². The van der Waals surface area contributed by atoms with Gasteiger partial charge in [0.2, 0.25) is 5.91 Å². The molecule has 4 heteroatoms. The van der Waals surface area contributed by atoms with E-state index in [2.05, 4.69) is 0 Å². The Morgan fingerprint density at radius 1 is 1.22 bits per heavy atom. The van der Waals surface area contributed by atoms with E-state index in [0.29, 0.717) is 30.8 Å². The van der Waals surface area contributed by atoms with E-state index in [1.165, 1.54) is 6.42 Å². The number of carbonyl (C=O) groups excluding carboxylic acids is 2. The van der Waals surface area contributed by atoms with Gasteiger partial charge in [0.1, 0.15) is 5.75 Å². The van der Waals surface area contributed by atoms with Crippen LogP contribution in [0.1, 0.15) is 53.6 Å². The van der Waals surface area contributed by atoms with Crippen molar-refractivity contribution >= 4 is 11.7 Å². The molecule has 0 bridgehead atoms. The Kier molecular flexibility index (Phi) is 4.69. The SMILES string of the molecule is Cc1cc(C)c2c(c1)C(=O)C(CC(=O)N1CCCCC1)CCO2. The Bertz CT molecular complexity index is 617. The molecular formula is C19H25NO3. The molecule has 1 fully saturated rings. The average molecular weight is 315 g/mol. The van der Waals surface area contributed by atoms with Gasteiger partial charge < -0.3 is 9.64 Å². The van der Waals surface area contributed by atoms with Crippen molar-refractivity contribution in [2.24, 2.45) is 5.92 Å². The van der Waals surface area contributed by atoms with E-state index in [-0.39, 0.29) is 17.6 Å². The van der Waals surface area contributed by atoms with Crippen LogP contribution < -0.4 is 4.74 Å². The van der Waals surface area contributed by atoms with Gasteiger partial charge in [0, 0.05) is 25.4 Å². The topological polar surface area (TPSA) is 46.6 Å². The van der Waals surface area contributed by atoms with E-state index in [0.717, 1.165) is 37.1 Å². The second-order valence-corrected chi connectivity index (χ2v) is 6.80. The minimum atomic E-state index is -0.258. The third-order valence-corrected chi connectivity index (χ3v) is 4.90. The highest BCUT2D eigenvalue weighted by Crippen LogP contribution is 2.32. The molecule has 2 aliphatic heterocycles. The summed E-state index contributed by atoms with van der Waals surface area (Å²) in [5.41, 5.74) is 2.70. The Labute approximate surface area is 137 Å². The molecule has 4 nitrogen and oxygen atoms in total. The van der Waals surface area contributed by atoms with Crippen LogP contribution in [0.2, 0.25) is 0 Å². The van der Waals surface area contributed by atoms with Gasteiger partial charge in [-0.2, -0.15) is 0 Å². The van der Waals surface area contributed by atoms with Gasteiger partial charge in [-0.15, -0.1) is 0 Å². The monoisotopic (exact) mass is 315 g/mol. The van der Waals surface area contributed by atoms with Crippen molar-refractivity contribution in [3.63, 3.8) is 0 Å². The highest BCUT2D eigenvalue weighted by molar-refractivity contribution is 6.02. The normalized spacial score (nSPS) is 21.4. The summed E-state index contributed by atoms with van der Waals surface area (Å²) in [4.78, 5) is 27.3. The predicted molar refractivity (Wildman–Crippen MR) is 88.9 cm³/mol. The zero-order chi connectivity index (χ0) is 16.4. The summed E-state index contributed by atoms with van der Waals surface area (Å²) in [7, 11) is 0. The first-order chi connectivity index (χ1) is 11.1. The maximum absolute atomic E-state index is 12.9. The molecule has 0 aromatic heterocycles. The van der Waals surface area contributed by atoms with Crippen molar-refractivity contribution in [3.8, 4) is 5.75 Å². The number of fused-ring (bicyclic) bond motifs is 1. The average Bonchev–Trinajstić information content (AvgIpc) is 2.69. The third kappa shape index (κ3) is 3.41. The number of ether oxygens (including phenoxy) is 1. The minimum Gasteiger partial charge on any atom is -0.493 e. The van der Waals surface area contributed by atoms with Gasteiger partial charge in [-0.25, -0.2) is 0 Å². The molecule has 1 aromatic rings. The lowest BCUT2D eigenvalue weighted by molar-refractivity contribution is -0.132. The molecule has 1 atom stereocenters. The number of likely N-dealkylation sites (tertiary alicyclic amines) is 1. The van der Waals surface area contributed by atoms with Gasteiger partial charge in [0.25, 0.3) is 0 Å². The van der Waals surface area contributed by atoms with Gasteiger partial charge >= 0.3 is 0 Å². The highest BCUT2D eigenvalue weighted by atomic mass is 16.5. The summed E-state index contributed by atoms with van der Waals surface area (Å²) >= 11 is 0. The lowest BCUT2D eigenvalue weighted by Crippen LogP contribution is -2.37. The van der Waals surface area contributed by atoms with Gasteiger partial charge in [0.05, 0.1) is 12.2 Å². The number of aryl methyl sites for hydroxylation is 2. The molecule has 0 aliphatic carbocycles. The third-order valence-electron chi connectivity index (χ3n) is 4.90. The predicted octanol–water partition coefficient (Wildman–Crippen LogP) is 3.29. The Morgan fingerprint density at radius 3 is 2.70 bits per heavy atom. The fourth-order valence-corrected chi connectivity index (χ4v) is 3.66. The molecule has 0 N–H and O–H groups in total. The number of hydrogen-bond acceptors (Lipinski definition) is 3. The molecule has 2 aliphatic rings. The van der Waals surface area contributed by atoms with E-state index in [4.69, 9.17) is 4.74 Å². The molecule has 1 amide bonds. The maximum Gasteiger partial charge on any atom is 0.223 e. The summed E-state index contributed by atoms with van der Waals surface area (Å²) in [6.07, 6.45) is 4.29. The first-order valence-electron chi connectivity index (χ1n) is 8.62. The van der Waals surface area contributed by atoms with Crippen LogP contribution in [-0.2, 0) is 4.79 Å². The maximum atomic E-state index is 12.9. The molecule has 0 radical (unpaired) electrons. The van der Waals surface area contributed by atoms with Crippen LogP contribution in [0.4, 0.5) is 0 Å². The second-order valence-electron chi connectivity index (χ2n) is 6.80. The molecule has 1 saturated heterocycles. The molecule has 2 heterocycles. The van der Waals surface area contributed by atoms with Crippen LogP contribution in [0.15, 0.2) is 12.1 Å². The van der Waals surface area contributed by atoms with Crippen molar-refractivity contribution in [1.29, 1.82) is 0 Å². The van der Waals surface area contributed by atoms with E-state index in [1.807, 2.05) is 30.9 Å². The minimum absolute atomic E-state index is 0.0645. The number of hydrogen-bond donors (Lipinski definition) is 0. The number of rotatable bonds is 2. The second kappa shape index (κ2) is 6.73. The van der Waals surface area contributed by atoms with Crippen molar-refractivity contribution < 1.29 is 14.3 Å². The molecule has 1 aromatic carbocycles. The highest BCUT2D eigenvalue weighted by Gasteiger charge is 2.31. The molecule has 124 valence electrons. The summed E-state index contributed by atoms with van der Waals surface area (Å²) in [6, 6.07) is 3.93. The Morgan fingerprint density at radius 2 is 1.96 bits per heavy atom. The first-order valence-corrected chi connectivity index (χ1v) is 8.62. The fraction of sp³-hybridized carbons (Fsp3) is 0.579. The Hall–Kier alpha value is -1.84. The summed E-state index contributed by atoms with van der Waals surface area (Å²) in [5, 5.41) is 0. The lowest BCUT2D eigenvalue weighted by atomic mass is 9.90. The smallest absolute Gasteiger partial charge is 0.223 e. The largest absolute Gasteiger partial charge is 0.493 e. The first kappa shape index (κ1) is 16.0. The van der Waals surface area contributed by atoms with Crippen LogP contribution >= 0.6 is 0 Å². The summed E-state index contributed by atoms with van der Waals surface area (Å²) in [5.74, 6) is 0.630. The summed E-state index contributed by atoms with van der Waals surface area (Å²) in [6.45, 7) is 6.13. The number of piperidine rings is 1. The van der Waals surface area contributed by atoms with Crippen molar-refractivity contribution in [2.75, 3.05) is 19.7 Å². The number of nitrogens with zero attached hydrogens (tertiary/aromatic N) is 1. The van der Waals surface area contributed by atoms with Crippen LogP contribution in [0.25, 0.3) is 0 Å². The molecule has 0 spiro atoms. The van der Waals surface area contributed by atoms with Gasteiger partial charge in [0.15, 0.2) is 5.78 Å². The Balaban J connectivity index is 1.78. The molecular weight excluding hydrogens is 290 g/mol. The summed E-state index contributed by atoms with van der Waals surface area (Å²) < 4.78 is 5.82. The zero-order valence-electron chi connectivity index (χ0n) is 14.1. The van der Waals surface area contributed by atoms with E-state index in [9.17, 15) is 9.59 Å². The van der Waals surface area contributed by atoms with Crippen LogP contribution in [0.5, 0.6) is 5.75 Å². The number of ketones is 1. The van der Waals surface area contributed by atoms with Gasteiger partial charge in [-0.1, -0.05) is 6.07 Å². The number of amides is 1. The lowest BCUT2D eigenvalue weighted by Gasteiger charge is -2.28. The quantitative estimate of drug-likeness (QED) is 0.841. The van der Waals surface area contributed by atoms with Crippen molar-refractivity contribution in [3.05, 3.63) is 28.8 Å². The fourth-order valence-electron chi connectivity index (χ4n) is 3.66. The molecule has 0 saturated carbocycles. The van der Waals surface area contributed by atoms with E-state index >= 15 is 0 Å². The van der Waals surface area contributed by atoms with Crippen LogP contribution in [0.3, 0.4) is 0 Å². The molecule has 23 heavy (non-hydrogen) atoms. The van der Waals surface area contributed by atoms with Gasteiger partial charge in [-0.3, -0.25) is 9.59 Å². The zero-order valence-corrected chi connectivity index (χ0v) is 14.1. The molecule has 3 rings (SSSR count). The van der Waals surface area contributed by atoms with Crippen molar-refractivity contribution in [1.82, 2.24) is 4.90 Å².